The number of hydrogen-bond donors (Lipinski definition) is 1. The molecule has 1 saturated heterocycles. The van der Waals surface area contributed by atoms with Gasteiger partial charge in [0.15, 0.2) is 0 Å². The molecule has 1 aliphatic rings. The number of rotatable bonds is 4. The van der Waals surface area contributed by atoms with Gasteiger partial charge in [-0.2, -0.15) is 0 Å². The van der Waals surface area contributed by atoms with Crippen LogP contribution in [0.3, 0.4) is 0 Å². The summed E-state index contributed by atoms with van der Waals surface area (Å²) in [7, 11) is 1.67. The number of likely N-dealkylation sites (tertiary alicyclic amines) is 1. The number of piperidine rings is 1. The largest absolute Gasteiger partial charge is 0.496 e. The van der Waals surface area contributed by atoms with Crippen LogP contribution in [0.1, 0.15) is 25.3 Å². The van der Waals surface area contributed by atoms with Crippen molar-refractivity contribution in [3.05, 3.63) is 28.8 Å². The Morgan fingerprint density at radius 2 is 2.27 bits per heavy atom. The number of hydrogen-bond acceptors (Lipinski definition) is 3. The molecule has 1 aliphatic heterocycles. The van der Waals surface area contributed by atoms with Crippen molar-refractivity contribution in [3.8, 4) is 5.75 Å². The number of nitrogens with two attached hydrogens (primary N) is 1. The topological polar surface area (TPSA) is 55.6 Å². The standard InChI is InChI=1S/C16H23ClN2O2.ClH/c1-11(18)16(20)19-7-3-4-12(10-19)8-13-9-14(17)5-6-15(13)21-2;/h5-6,9,11-12H,3-4,7-8,10,18H2,1-2H3;1H/t11-,12?;/m1./s1. The summed E-state index contributed by atoms with van der Waals surface area (Å²) in [5.41, 5.74) is 6.80. The van der Waals surface area contributed by atoms with E-state index in [1.807, 2.05) is 23.1 Å². The van der Waals surface area contributed by atoms with Crippen molar-refractivity contribution in [2.45, 2.75) is 32.2 Å². The van der Waals surface area contributed by atoms with Crippen LogP contribution in [0.2, 0.25) is 5.02 Å². The third-order valence-electron chi connectivity index (χ3n) is 3.97. The Kier molecular flexibility index (Phi) is 7.46. The molecule has 0 saturated carbocycles. The summed E-state index contributed by atoms with van der Waals surface area (Å²) < 4.78 is 5.40. The Hall–Kier alpha value is -0.970. The van der Waals surface area contributed by atoms with Crippen LogP contribution in [0.5, 0.6) is 5.75 Å². The monoisotopic (exact) mass is 346 g/mol. The van der Waals surface area contributed by atoms with Crippen molar-refractivity contribution in [1.82, 2.24) is 4.90 Å². The Morgan fingerprint density at radius 3 is 2.91 bits per heavy atom. The van der Waals surface area contributed by atoms with E-state index < -0.39 is 6.04 Å². The van der Waals surface area contributed by atoms with Crippen LogP contribution >= 0.6 is 24.0 Å². The maximum absolute atomic E-state index is 12.0. The lowest BCUT2D eigenvalue weighted by molar-refractivity contribution is -0.134. The van der Waals surface area contributed by atoms with Crippen LogP contribution < -0.4 is 10.5 Å². The lowest BCUT2D eigenvalue weighted by Crippen LogP contribution is -2.47. The van der Waals surface area contributed by atoms with E-state index in [0.717, 1.165) is 43.7 Å². The summed E-state index contributed by atoms with van der Waals surface area (Å²) in [6.45, 7) is 3.31. The second-order valence-corrected chi connectivity index (χ2v) is 6.18. The molecule has 0 aromatic heterocycles. The van der Waals surface area contributed by atoms with Crippen LogP contribution in [0.4, 0.5) is 0 Å². The normalized spacial score (nSPS) is 19.3. The number of benzene rings is 1. The van der Waals surface area contributed by atoms with E-state index >= 15 is 0 Å². The van der Waals surface area contributed by atoms with Crippen LogP contribution in [0.15, 0.2) is 18.2 Å². The van der Waals surface area contributed by atoms with E-state index in [4.69, 9.17) is 22.1 Å². The average Bonchev–Trinajstić information content (AvgIpc) is 2.47. The Morgan fingerprint density at radius 1 is 1.55 bits per heavy atom. The van der Waals surface area contributed by atoms with Gasteiger partial charge in [0.25, 0.3) is 0 Å². The Balaban J connectivity index is 0.00000242. The quantitative estimate of drug-likeness (QED) is 0.911. The summed E-state index contributed by atoms with van der Waals surface area (Å²) in [6.07, 6.45) is 3.00. The zero-order valence-corrected chi connectivity index (χ0v) is 14.6. The lowest BCUT2D eigenvalue weighted by Gasteiger charge is -2.34. The van der Waals surface area contributed by atoms with Crippen molar-refractivity contribution in [3.63, 3.8) is 0 Å². The fraction of sp³-hybridized carbons (Fsp3) is 0.562. The first-order chi connectivity index (χ1) is 10.0. The zero-order chi connectivity index (χ0) is 15.4. The number of carbonyl (C=O) groups is 1. The molecular weight excluding hydrogens is 323 g/mol. The summed E-state index contributed by atoms with van der Waals surface area (Å²) >= 11 is 6.08. The highest BCUT2D eigenvalue weighted by atomic mass is 35.5. The lowest BCUT2D eigenvalue weighted by atomic mass is 9.90. The van der Waals surface area contributed by atoms with Crippen molar-refractivity contribution in [1.29, 1.82) is 0 Å². The molecule has 1 fully saturated rings. The highest BCUT2D eigenvalue weighted by molar-refractivity contribution is 6.30. The second kappa shape index (κ2) is 8.61. The van der Waals surface area contributed by atoms with E-state index in [9.17, 15) is 4.79 Å². The third-order valence-corrected chi connectivity index (χ3v) is 4.21. The fourth-order valence-electron chi connectivity index (χ4n) is 2.94. The van der Waals surface area contributed by atoms with Gasteiger partial charge in [-0.15, -0.1) is 12.4 Å². The molecule has 2 atom stereocenters. The van der Waals surface area contributed by atoms with E-state index in [1.165, 1.54) is 0 Å². The van der Waals surface area contributed by atoms with Crippen molar-refractivity contribution in [2.75, 3.05) is 20.2 Å². The maximum Gasteiger partial charge on any atom is 0.239 e. The maximum atomic E-state index is 12.0. The third kappa shape index (κ3) is 4.77. The van der Waals surface area contributed by atoms with E-state index in [2.05, 4.69) is 0 Å². The summed E-state index contributed by atoms with van der Waals surface area (Å²) in [5.74, 6) is 1.32. The molecule has 2 N–H and O–H groups in total. The van der Waals surface area contributed by atoms with Crippen LogP contribution in [0.25, 0.3) is 0 Å². The number of halogens is 2. The molecule has 22 heavy (non-hydrogen) atoms. The molecule has 6 heteroatoms. The second-order valence-electron chi connectivity index (χ2n) is 5.74. The molecule has 1 amide bonds. The molecule has 1 aromatic rings. The summed E-state index contributed by atoms with van der Waals surface area (Å²) in [5, 5.41) is 0.713. The van der Waals surface area contributed by atoms with Gasteiger partial charge in [-0.25, -0.2) is 0 Å². The van der Waals surface area contributed by atoms with Crippen molar-refractivity contribution < 1.29 is 9.53 Å². The number of ether oxygens (including phenoxy) is 1. The van der Waals surface area contributed by atoms with Gasteiger partial charge < -0.3 is 15.4 Å². The molecule has 1 aromatic carbocycles. The number of amides is 1. The first kappa shape index (κ1) is 19.1. The number of methoxy groups -OCH3 is 1. The minimum absolute atomic E-state index is 0. The van der Waals surface area contributed by atoms with Crippen molar-refractivity contribution in [2.24, 2.45) is 11.7 Å². The predicted octanol–water partition coefficient (Wildman–Crippen LogP) is 2.90. The fourth-order valence-corrected chi connectivity index (χ4v) is 3.13. The number of carbonyl (C=O) groups excluding carboxylic acids is 1. The minimum atomic E-state index is -0.426. The molecule has 2 rings (SSSR count). The molecule has 0 radical (unpaired) electrons. The molecule has 0 bridgehead atoms. The molecule has 124 valence electrons. The molecule has 1 heterocycles. The highest BCUT2D eigenvalue weighted by Gasteiger charge is 2.26. The number of nitrogens with zero attached hydrogens (tertiary/aromatic N) is 1. The Bertz CT molecular complexity index is 509. The summed E-state index contributed by atoms with van der Waals surface area (Å²) in [4.78, 5) is 13.9. The smallest absolute Gasteiger partial charge is 0.239 e. The first-order valence-electron chi connectivity index (χ1n) is 7.38. The van der Waals surface area contributed by atoms with Gasteiger partial charge in [0.1, 0.15) is 5.75 Å². The van der Waals surface area contributed by atoms with E-state index in [1.54, 1.807) is 14.0 Å². The molecule has 4 nitrogen and oxygen atoms in total. The van der Waals surface area contributed by atoms with Gasteiger partial charge in [0, 0.05) is 18.1 Å². The van der Waals surface area contributed by atoms with Gasteiger partial charge in [0.05, 0.1) is 13.2 Å². The van der Waals surface area contributed by atoms with Gasteiger partial charge in [-0.1, -0.05) is 11.6 Å². The highest BCUT2D eigenvalue weighted by Crippen LogP contribution is 2.28. The molecule has 0 aliphatic carbocycles. The van der Waals surface area contributed by atoms with Gasteiger partial charge >= 0.3 is 0 Å². The van der Waals surface area contributed by atoms with E-state index in [-0.39, 0.29) is 18.3 Å². The first-order valence-corrected chi connectivity index (χ1v) is 7.76. The van der Waals surface area contributed by atoms with Gasteiger partial charge in [0.2, 0.25) is 5.91 Å². The minimum Gasteiger partial charge on any atom is -0.496 e. The van der Waals surface area contributed by atoms with Gasteiger partial charge in [-0.3, -0.25) is 4.79 Å². The van der Waals surface area contributed by atoms with Gasteiger partial charge in [-0.05, 0) is 55.9 Å². The van der Waals surface area contributed by atoms with Crippen LogP contribution in [-0.2, 0) is 11.2 Å². The van der Waals surface area contributed by atoms with Crippen LogP contribution in [-0.4, -0.2) is 37.0 Å². The predicted molar refractivity (Wildman–Crippen MR) is 91.9 cm³/mol. The Labute approximate surface area is 143 Å². The SMILES string of the molecule is COc1ccc(Cl)cc1CC1CCCN(C(=O)[C@@H](C)N)C1.Cl. The average molecular weight is 347 g/mol. The summed E-state index contributed by atoms with van der Waals surface area (Å²) in [6, 6.07) is 5.25. The van der Waals surface area contributed by atoms with Crippen LogP contribution in [0, 0.1) is 5.92 Å². The van der Waals surface area contributed by atoms with Crippen molar-refractivity contribution >= 4 is 29.9 Å². The van der Waals surface area contributed by atoms with E-state index in [0.29, 0.717) is 10.9 Å². The molecule has 1 unspecified atom stereocenters. The molecule has 0 spiro atoms. The zero-order valence-electron chi connectivity index (χ0n) is 13.0. The molecular formula is C16H24Cl2N2O2.